The highest BCUT2D eigenvalue weighted by atomic mass is 16.6. The van der Waals surface area contributed by atoms with Crippen LogP contribution in [0.25, 0.3) is 22.6 Å². The smallest absolute Gasteiger partial charge is 0.280 e. The minimum absolute atomic E-state index is 0.0471. The Morgan fingerprint density at radius 3 is 2.43 bits per heavy atom. The van der Waals surface area contributed by atoms with Gasteiger partial charge in [-0.2, -0.15) is 0 Å². The third kappa shape index (κ3) is 2.41. The second-order valence-corrected chi connectivity index (χ2v) is 4.70. The van der Waals surface area contributed by atoms with Crippen molar-refractivity contribution in [2.45, 2.75) is 6.92 Å². The van der Waals surface area contributed by atoms with Crippen LogP contribution in [0, 0.1) is 17.0 Å². The number of nitro benzene ring substituents is 1. The minimum atomic E-state index is -0.393. The zero-order chi connectivity index (χ0) is 14.8. The molecule has 0 fully saturated rings. The lowest BCUT2D eigenvalue weighted by atomic mass is 10.1. The molecule has 1 heterocycles. The molecule has 0 amide bonds. The van der Waals surface area contributed by atoms with Gasteiger partial charge in [0, 0.05) is 17.3 Å². The number of H-pyrrole nitrogens is 1. The van der Waals surface area contributed by atoms with Crippen LogP contribution < -0.4 is 0 Å². The normalized spacial score (nSPS) is 10.5. The topological polar surface area (TPSA) is 71.8 Å². The molecule has 21 heavy (non-hydrogen) atoms. The van der Waals surface area contributed by atoms with Gasteiger partial charge in [-0.1, -0.05) is 42.5 Å². The fourth-order valence-electron chi connectivity index (χ4n) is 2.30. The Bertz CT molecular complexity index is 794. The van der Waals surface area contributed by atoms with Gasteiger partial charge in [0.1, 0.15) is 5.82 Å². The van der Waals surface area contributed by atoms with Crippen molar-refractivity contribution >= 4 is 5.69 Å². The third-order valence-corrected chi connectivity index (χ3v) is 3.29. The lowest BCUT2D eigenvalue weighted by Crippen LogP contribution is -1.92. The molecule has 0 aliphatic carbocycles. The Hall–Kier alpha value is -2.95. The van der Waals surface area contributed by atoms with Crippen molar-refractivity contribution < 1.29 is 4.92 Å². The molecule has 3 rings (SSSR count). The number of aromatic nitrogens is 2. The van der Waals surface area contributed by atoms with Crippen LogP contribution in [0.1, 0.15) is 5.69 Å². The second-order valence-electron chi connectivity index (χ2n) is 4.70. The van der Waals surface area contributed by atoms with Crippen LogP contribution in [-0.4, -0.2) is 14.9 Å². The van der Waals surface area contributed by atoms with Crippen LogP contribution in [0.2, 0.25) is 0 Å². The van der Waals surface area contributed by atoms with E-state index >= 15 is 0 Å². The van der Waals surface area contributed by atoms with E-state index in [1.54, 1.807) is 18.2 Å². The number of benzene rings is 2. The van der Waals surface area contributed by atoms with Crippen LogP contribution in [0.5, 0.6) is 0 Å². The van der Waals surface area contributed by atoms with Gasteiger partial charge in [-0.3, -0.25) is 10.1 Å². The summed E-state index contributed by atoms with van der Waals surface area (Å²) in [6, 6.07) is 16.3. The fourth-order valence-corrected chi connectivity index (χ4v) is 2.30. The summed E-state index contributed by atoms with van der Waals surface area (Å²) in [5.74, 6) is 0.513. The summed E-state index contributed by atoms with van der Waals surface area (Å²) in [4.78, 5) is 18.4. The molecule has 0 spiro atoms. The summed E-state index contributed by atoms with van der Waals surface area (Å²) in [6.45, 7) is 1.91. The molecule has 104 valence electrons. The van der Waals surface area contributed by atoms with Gasteiger partial charge in [0.15, 0.2) is 0 Å². The Morgan fingerprint density at radius 1 is 1.05 bits per heavy atom. The standard InChI is InChI=1S/C16H13N3O2/c1-11-15(12-7-3-2-4-8-12)18-16(17-11)13-9-5-6-10-14(13)19(20)21/h2-10H,1H3,(H,17,18). The molecule has 0 atom stereocenters. The van der Waals surface area contributed by atoms with Crippen molar-refractivity contribution in [3.63, 3.8) is 0 Å². The number of nitro groups is 1. The third-order valence-electron chi connectivity index (χ3n) is 3.29. The van der Waals surface area contributed by atoms with Gasteiger partial charge >= 0.3 is 0 Å². The molecule has 3 aromatic rings. The summed E-state index contributed by atoms with van der Waals surface area (Å²) in [7, 11) is 0. The van der Waals surface area contributed by atoms with Gasteiger partial charge in [0.2, 0.25) is 0 Å². The summed E-state index contributed by atoms with van der Waals surface area (Å²) >= 11 is 0. The van der Waals surface area contributed by atoms with Crippen LogP contribution in [0.3, 0.4) is 0 Å². The van der Waals surface area contributed by atoms with E-state index in [2.05, 4.69) is 9.97 Å². The van der Waals surface area contributed by atoms with Crippen molar-refractivity contribution in [1.82, 2.24) is 9.97 Å². The van der Waals surface area contributed by atoms with Crippen molar-refractivity contribution in [3.8, 4) is 22.6 Å². The van der Waals surface area contributed by atoms with E-state index in [1.165, 1.54) is 6.07 Å². The van der Waals surface area contributed by atoms with E-state index in [-0.39, 0.29) is 5.69 Å². The Labute approximate surface area is 121 Å². The monoisotopic (exact) mass is 279 g/mol. The number of aryl methyl sites for hydroxylation is 1. The summed E-state index contributed by atoms with van der Waals surface area (Å²) in [5.41, 5.74) is 3.22. The highest BCUT2D eigenvalue weighted by Crippen LogP contribution is 2.30. The molecule has 0 saturated heterocycles. The summed E-state index contributed by atoms with van der Waals surface area (Å²) in [6.07, 6.45) is 0. The number of imidazole rings is 1. The molecule has 0 aliphatic rings. The molecule has 2 aromatic carbocycles. The van der Waals surface area contributed by atoms with Gasteiger partial charge < -0.3 is 4.98 Å². The van der Waals surface area contributed by atoms with E-state index in [1.807, 2.05) is 37.3 Å². The Morgan fingerprint density at radius 2 is 1.71 bits per heavy atom. The lowest BCUT2D eigenvalue weighted by Gasteiger charge is -1.98. The SMILES string of the molecule is Cc1[nH]c(-c2ccccc2[N+](=O)[O-])nc1-c1ccccc1. The molecule has 0 aliphatic heterocycles. The maximum absolute atomic E-state index is 11.1. The number of para-hydroxylation sites is 1. The van der Waals surface area contributed by atoms with Crippen LogP contribution in [-0.2, 0) is 0 Å². The van der Waals surface area contributed by atoms with E-state index < -0.39 is 4.92 Å². The molecule has 0 unspecified atom stereocenters. The first kappa shape index (κ1) is 13.1. The van der Waals surface area contributed by atoms with Gasteiger partial charge in [-0.15, -0.1) is 0 Å². The number of hydrogen-bond donors (Lipinski definition) is 1. The van der Waals surface area contributed by atoms with Crippen molar-refractivity contribution in [2.24, 2.45) is 0 Å². The number of rotatable bonds is 3. The van der Waals surface area contributed by atoms with Crippen LogP contribution >= 0.6 is 0 Å². The minimum Gasteiger partial charge on any atom is -0.341 e. The first-order valence-corrected chi connectivity index (χ1v) is 6.52. The highest BCUT2D eigenvalue weighted by molar-refractivity contribution is 5.72. The van der Waals surface area contributed by atoms with Gasteiger partial charge in [0.25, 0.3) is 5.69 Å². The molecule has 5 nitrogen and oxygen atoms in total. The molecule has 1 aromatic heterocycles. The van der Waals surface area contributed by atoms with Crippen LogP contribution in [0.4, 0.5) is 5.69 Å². The number of nitrogens with one attached hydrogen (secondary N) is 1. The zero-order valence-corrected chi connectivity index (χ0v) is 11.4. The van der Waals surface area contributed by atoms with Crippen LogP contribution in [0.15, 0.2) is 54.6 Å². The molecule has 1 N–H and O–H groups in total. The molecule has 0 bridgehead atoms. The Kier molecular flexibility index (Phi) is 3.23. The second kappa shape index (κ2) is 5.20. The fraction of sp³-hybridized carbons (Fsp3) is 0.0625. The van der Waals surface area contributed by atoms with Crippen molar-refractivity contribution in [2.75, 3.05) is 0 Å². The summed E-state index contributed by atoms with van der Waals surface area (Å²) in [5, 5.41) is 11.1. The number of nitrogens with zero attached hydrogens (tertiary/aromatic N) is 2. The number of aromatic amines is 1. The average Bonchev–Trinajstić information content (AvgIpc) is 2.90. The van der Waals surface area contributed by atoms with Gasteiger partial charge in [-0.25, -0.2) is 4.98 Å². The zero-order valence-electron chi connectivity index (χ0n) is 11.4. The average molecular weight is 279 g/mol. The predicted octanol–water partition coefficient (Wildman–Crippen LogP) is 3.96. The first-order valence-electron chi connectivity index (χ1n) is 6.52. The number of hydrogen-bond acceptors (Lipinski definition) is 3. The van der Waals surface area contributed by atoms with E-state index in [0.29, 0.717) is 11.4 Å². The van der Waals surface area contributed by atoms with Gasteiger partial charge in [-0.05, 0) is 13.0 Å². The Balaban J connectivity index is 2.12. The largest absolute Gasteiger partial charge is 0.341 e. The molecular weight excluding hydrogens is 266 g/mol. The first-order chi connectivity index (χ1) is 10.2. The van der Waals surface area contributed by atoms with E-state index in [9.17, 15) is 10.1 Å². The summed E-state index contributed by atoms with van der Waals surface area (Å²) < 4.78 is 0. The predicted molar refractivity (Wildman–Crippen MR) is 80.9 cm³/mol. The van der Waals surface area contributed by atoms with Crippen molar-refractivity contribution in [1.29, 1.82) is 0 Å². The lowest BCUT2D eigenvalue weighted by molar-refractivity contribution is -0.384. The molecule has 0 radical (unpaired) electrons. The highest BCUT2D eigenvalue weighted by Gasteiger charge is 2.18. The molecule has 0 saturated carbocycles. The molecular formula is C16H13N3O2. The van der Waals surface area contributed by atoms with Gasteiger partial charge in [0.05, 0.1) is 16.2 Å². The maximum atomic E-state index is 11.1. The van der Waals surface area contributed by atoms with E-state index in [0.717, 1.165) is 17.0 Å². The van der Waals surface area contributed by atoms with E-state index in [4.69, 9.17) is 0 Å². The maximum Gasteiger partial charge on any atom is 0.280 e. The van der Waals surface area contributed by atoms with Crippen molar-refractivity contribution in [3.05, 3.63) is 70.4 Å². The quantitative estimate of drug-likeness (QED) is 0.582. The molecule has 5 heteroatoms.